The molecule has 0 fully saturated rings. The van der Waals surface area contributed by atoms with Gasteiger partial charge in [0.1, 0.15) is 5.69 Å². The van der Waals surface area contributed by atoms with Gasteiger partial charge in [-0.25, -0.2) is 4.98 Å². The van der Waals surface area contributed by atoms with Crippen molar-refractivity contribution in [3.63, 3.8) is 0 Å². The zero-order valence-electron chi connectivity index (χ0n) is 12.9. The standard InChI is InChI=1S/C16H17ClN4O2S/c17-12-2-4-13(5-3-12)24-11-15(22)20-6-1-7-21-16(23)14-10-18-8-9-19-14/h2-5,8-10H,1,6-7,11H2,(H,20,22)(H,21,23). The van der Waals surface area contributed by atoms with Crippen molar-refractivity contribution in [1.82, 2.24) is 20.6 Å². The summed E-state index contributed by atoms with van der Waals surface area (Å²) in [5.74, 6) is 0.0241. The number of rotatable bonds is 8. The number of nitrogens with zero attached hydrogens (tertiary/aromatic N) is 2. The van der Waals surface area contributed by atoms with Crippen LogP contribution in [0.2, 0.25) is 5.02 Å². The molecule has 2 N–H and O–H groups in total. The van der Waals surface area contributed by atoms with Crippen LogP contribution < -0.4 is 10.6 Å². The average Bonchev–Trinajstić information content (AvgIpc) is 2.61. The van der Waals surface area contributed by atoms with Crippen molar-refractivity contribution in [3.05, 3.63) is 53.6 Å². The number of amides is 2. The first kappa shape index (κ1) is 18.2. The highest BCUT2D eigenvalue weighted by atomic mass is 35.5. The number of carbonyl (C=O) groups is 2. The van der Waals surface area contributed by atoms with Crippen LogP contribution in [0.4, 0.5) is 0 Å². The van der Waals surface area contributed by atoms with E-state index in [4.69, 9.17) is 11.6 Å². The summed E-state index contributed by atoms with van der Waals surface area (Å²) in [7, 11) is 0. The Morgan fingerprint density at radius 1 is 1.08 bits per heavy atom. The van der Waals surface area contributed by atoms with E-state index in [1.807, 2.05) is 12.1 Å². The quantitative estimate of drug-likeness (QED) is 0.554. The van der Waals surface area contributed by atoms with Crippen LogP contribution >= 0.6 is 23.4 Å². The molecule has 0 unspecified atom stereocenters. The molecule has 0 atom stereocenters. The lowest BCUT2D eigenvalue weighted by atomic mass is 10.3. The zero-order valence-corrected chi connectivity index (χ0v) is 14.4. The van der Waals surface area contributed by atoms with Crippen LogP contribution in [0.15, 0.2) is 47.8 Å². The number of halogens is 1. The highest BCUT2D eigenvalue weighted by Crippen LogP contribution is 2.19. The third kappa shape index (κ3) is 6.55. The summed E-state index contributed by atoms with van der Waals surface area (Å²) in [6.45, 7) is 0.959. The van der Waals surface area contributed by atoms with Crippen molar-refractivity contribution in [3.8, 4) is 0 Å². The Labute approximate surface area is 149 Å². The van der Waals surface area contributed by atoms with Crippen molar-refractivity contribution in [2.45, 2.75) is 11.3 Å². The van der Waals surface area contributed by atoms with Crippen LogP contribution in [0.25, 0.3) is 0 Å². The topological polar surface area (TPSA) is 84.0 Å². The maximum Gasteiger partial charge on any atom is 0.271 e. The van der Waals surface area contributed by atoms with E-state index in [2.05, 4.69) is 20.6 Å². The van der Waals surface area contributed by atoms with E-state index >= 15 is 0 Å². The van der Waals surface area contributed by atoms with Gasteiger partial charge >= 0.3 is 0 Å². The van der Waals surface area contributed by atoms with Crippen LogP contribution in [0, 0.1) is 0 Å². The van der Waals surface area contributed by atoms with Crippen LogP contribution in [-0.2, 0) is 4.79 Å². The number of hydrogen-bond donors (Lipinski definition) is 2. The Kier molecular flexibility index (Phi) is 7.51. The van der Waals surface area contributed by atoms with Crippen molar-refractivity contribution in [2.75, 3.05) is 18.8 Å². The molecule has 0 aliphatic carbocycles. The summed E-state index contributed by atoms with van der Waals surface area (Å²) in [5, 5.41) is 6.21. The minimum absolute atomic E-state index is 0.0461. The minimum Gasteiger partial charge on any atom is -0.355 e. The van der Waals surface area contributed by atoms with Gasteiger partial charge in [-0.3, -0.25) is 14.6 Å². The van der Waals surface area contributed by atoms with Crippen molar-refractivity contribution >= 4 is 35.2 Å². The fourth-order valence-electron chi connectivity index (χ4n) is 1.76. The van der Waals surface area contributed by atoms with Crippen molar-refractivity contribution < 1.29 is 9.59 Å². The molecule has 0 saturated carbocycles. The second kappa shape index (κ2) is 9.89. The first-order valence-electron chi connectivity index (χ1n) is 7.34. The molecule has 2 rings (SSSR count). The predicted molar refractivity (Wildman–Crippen MR) is 94.2 cm³/mol. The van der Waals surface area contributed by atoms with E-state index in [0.717, 1.165) is 4.90 Å². The predicted octanol–water partition coefficient (Wildman–Crippen LogP) is 2.16. The summed E-state index contributed by atoms with van der Waals surface area (Å²) in [5.41, 5.74) is 0.279. The monoisotopic (exact) mass is 364 g/mol. The molecule has 0 aliphatic rings. The van der Waals surface area contributed by atoms with Gasteiger partial charge in [-0.05, 0) is 30.7 Å². The first-order valence-corrected chi connectivity index (χ1v) is 8.71. The molecule has 24 heavy (non-hydrogen) atoms. The fourth-order valence-corrected chi connectivity index (χ4v) is 2.61. The Bertz CT molecular complexity index is 668. The van der Waals surface area contributed by atoms with Gasteiger partial charge in [-0.1, -0.05) is 11.6 Å². The lowest BCUT2D eigenvalue weighted by molar-refractivity contribution is -0.118. The van der Waals surface area contributed by atoms with Gasteiger partial charge in [0, 0.05) is 35.4 Å². The molecule has 0 spiro atoms. The molecule has 8 heteroatoms. The molecule has 126 valence electrons. The smallest absolute Gasteiger partial charge is 0.271 e. The zero-order chi connectivity index (χ0) is 17.2. The largest absolute Gasteiger partial charge is 0.355 e. The van der Waals surface area contributed by atoms with Crippen LogP contribution in [0.1, 0.15) is 16.9 Å². The van der Waals surface area contributed by atoms with Gasteiger partial charge < -0.3 is 10.6 Å². The summed E-state index contributed by atoms with van der Waals surface area (Å²) in [6.07, 6.45) is 5.02. The molecular formula is C16H17ClN4O2S. The molecular weight excluding hydrogens is 348 g/mol. The molecule has 6 nitrogen and oxygen atoms in total. The van der Waals surface area contributed by atoms with Crippen LogP contribution in [0.5, 0.6) is 0 Å². The lowest BCUT2D eigenvalue weighted by Gasteiger charge is -2.06. The summed E-state index contributed by atoms with van der Waals surface area (Å²) in [6, 6.07) is 7.34. The molecule has 0 saturated heterocycles. The minimum atomic E-state index is -0.271. The molecule has 2 aromatic rings. The summed E-state index contributed by atoms with van der Waals surface area (Å²) in [4.78, 5) is 32.2. The Balaban J connectivity index is 1.56. The van der Waals surface area contributed by atoms with Gasteiger partial charge in [0.25, 0.3) is 5.91 Å². The van der Waals surface area contributed by atoms with Gasteiger partial charge in [-0.2, -0.15) is 0 Å². The second-order valence-electron chi connectivity index (χ2n) is 4.79. The maximum absolute atomic E-state index is 11.7. The molecule has 2 amide bonds. The van der Waals surface area contributed by atoms with Gasteiger partial charge in [0.2, 0.25) is 5.91 Å². The number of nitrogens with one attached hydrogen (secondary N) is 2. The summed E-state index contributed by atoms with van der Waals surface area (Å²) < 4.78 is 0. The van der Waals surface area contributed by atoms with E-state index in [9.17, 15) is 9.59 Å². The molecule has 0 bridgehead atoms. The molecule has 1 aromatic carbocycles. The highest BCUT2D eigenvalue weighted by Gasteiger charge is 2.06. The lowest BCUT2D eigenvalue weighted by Crippen LogP contribution is -2.31. The van der Waals surface area contributed by atoms with Crippen molar-refractivity contribution in [1.29, 1.82) is 0 Å². The molecule has 0 radical (unpaired) electrons. The van der Waals surface area contributed by atoms with E-state index in [1.54, 1.807) is 12.1 Å². The summed E-state index contributed by atoms with van der Waals surface area (Å²) >= 11 is 7.26. The second-order valence-corrected chi connectivity index (χ2v) is 6.28. The Hall–Kier alpha value is -2.12. The Morgan fingerprint density at radius 2 is 1.83 bits per heavy atom. The normalized spacial score (nSPS) is 10.2. The van der Waals surface area contributed by atoms with Gasteiger partial charge in [0.05, 0.1) is 11.9 Å². The maximum atomic E-state index is 11.7. The molecule has 0 aliphatic heterocycles. The van der Waals surface area contributed by atoms with Crippen LogP contribution in [-0.4, -0.2) is 40.6 Å². The number of thioether (sulfide) groups is 1. The third-order valence-electron chi connectivity index (χ3n) is 2.94. The van der Waals surface area contributed by atoms with Crippen molar-refractivity contribution in [2.24, 2.45) is 0 Å². The van der Waals surface area contributed by atoms with E-state index < -0.39 is 0 Å². The fraction of sp³-hybridized carbons (Fsp3) is 0.250. The van der Waals surface area contributed by atoms with E-state index in [1.165, 1.54) is 30.4 Å². The number of carbonyl (C=O) groups excluding carboxylic acids is 2. The SMILES string of the molecule is O=C(CSc1ccc(Cl)cc1)NCCCNC(=O)c1cnccn1. The van der Waals surface area contributed by atoms with Gasteiger partial charge in [0.15, 0.2) is 0 Å². The van der Waals surface area contributed by atoms with Gasteiger partial charge in [-0.15, -0.1) is 11.8 Å². The first-order chi connectivity index (χ1) is 11.6. The number of hydrogen-bond acceptors (Lipinski definition) is 5. The third-order valence-corrected chi connectivity index (χ3v) is 4.20. The average molecular weight is 365 g/mol. The highest BCUT2D eigenvalue weighted by molar-refractivity contribution is 8.00. The van der Waals surface area contributed by atoms with E-state index in [-0.39, 0.29) is 17.5 Å². The molecule has 1 heterocycles. The van der Waals surface area contributed by atoms with E-state index in [0.29, 0.717) is 30.3 Å². The molecule has 1 aromatic heterocycles. The number of benzene rings is 1. The Morgan fingerprint density at radius 3 is 2.54 bits per heavy atom. The number of aromatic nitrogens is 2. The van der Waals surface area contributed by atoms with Crippen LogP contribution in [0.3, 0.4) is 0 Å².